The van der Waals surface area contributed by atoms with Gasteiger partial charge < -0.3 is 9.73 Å². The molecule has 3 nitrogen and oxygen atoms in total. The van der Waals surface area contributed by atoms with E-state index < -0.39 is 0 Å². The van der Waals surface area contributed by atoms with Gasteiger partial charge in [-0.25, -0.2) is 4.98 Å². The number of fused-ring (bicyclic) bond motifs is 1. The molecule has 0 aliphatic heterocycles. The van der Waals surface area contributed by atoms with Gasteiger partial charge in [0.15, 0.2) is 5.58 Å². The number of hydrogen-bond donors (Lipinski definition) is 1. The summed E-state index contributed by atoms with van der Waals surface area (Å²) in [6.45, 7) is 4.38. The average molecular weight is 266 g/mol. The Morgan fingerprint density at radius 2 is 1.80 bits per heavy atom. The fraction of sp³-hybridized carbons (Fsp3) is 0.235. The van der Waals surface area contributed by atoms with E-state index in [1.165, 1.54) is 5.56 Å². The lowest BCUT2D eigenvalue weighted by molar-refractivity contribution is 0.620. The average Bonchev–Trinajstić information content (AvgIpc) is 2.90. The Hall–Kier alpha value is -2.29. The number of anilines is 1. The highest BCUT2D eigenvalue weighted by molar-refractivity contribution is 5.79. The highest BCUT2D eigenvalue weighted by Crippen LogP contribution is 2.27. The van der Waals surface area contributed by atoms with Crippen LogP contribution >= 0.6 is 0 Å². The van der Waals surface area contributed by atoms with Crippen LogP contribution in [0.4, 0.5) is 5.69 Å². The molecule has 0 fully saturated rings. The van der Waals surface area contributed by atoms with Gasteiger partial charge in [-0.2, -0.15) is 0 Å². The lowest BCUT2D eigenvalue weighted by Gasteiger charge is -2.04. The summed E-state index contributed by atoms with van der Waals surface area (Å²) in [7, 11) is 1.89. The van der Waals surface area contributed by atoms with Crippen molar-refractivity contribution in [2.24, 2.45) is 0 Å². The van der Waals surface area contributed by atoms with Gasteiger partial charge in [0.2, 0.25) is 5.89 Å². The molecule has 20 heavy (non-hydrogen) atoms. The minimum absolute atomic E-state index is 0.533. The summed E-state index contributed by atoms with van der Waals surface area (Å²) >= 11 is 0. The van der Waals surface area contributed by atoms with Crippen LogP contribution in [0.2, 0.25) is 0 Å². The maximum atomic E-state index is 5.85. The zero-order valence-corrected chi connectivity index (χ0v) is 12.0. The fourth-order valence-electron chi connectivity index (χ4n) is 2.21. The molecule has 1 heterocycles. The van der Waals surface area contributed by atoms with Crippen LogP contribution in [0.25, 0.3) is 22.6 Å². The summed E-state index contributed by atoms with van der Waals surface area (Å²) in [5.74, 6) is 1.20. The summed E-state index contributed by atoms with van der Waals surface area (Å²) in [6.07, 6.45) is 0. The van der Waals surface area contributed by atoms with Gasteiger partial charge in [-0.05, 0) is 35.7 Å². The molecule has 3 aromatic rings. The van der Waals surface area contributed by atoms with Crippen molar-refractivity contribution in [3.8, 4) is 11.5 Å². The number of nitrogens with one attached hydrogen (secondary N) is 1. The number of nitrogens with zero attached hydrogens (tertiary/aromatic N) is 1. The molecule has 0 atom stereocenters. The Bertz CT molecular complexity index is 726. The van der Waals surface area contributed by atoms with Crippen LogP contribution in [0.1, 0.15) is 25.3 Å². The standard InChI is InChI=1S/C17H18N2O/c1-11(2)12-4-6-13(7-5-12)17-19-15-9-8-14(18-3)10-16(15)20-17/h4-11,18H,1-3H3. The largest absolute Gasteiger partial charge is 0.436 e. The predicted molar refractivity (Wildman–Crippen MR) is 83.1 cm³/mol. The molecule has 0 spiro atoms. The Balaban J connectivity index is 2.01. The van der Waals surface area contributed by atoms with Gasteiger partial charge in [-0.3, -0.25) is 0 Å². The summed E-state index contributed by atoms with van der Waals surface area (Å²) in [5.41, 5.74) is 5.04. The van der Waals surface area contributed by atoms with Crippen molar-refractivity contribution in [1.82, 2.24) is 4.98 Å². The van der Waals surface area contributed by atoms with Gasteiger partial charge >= 0.3 is 0 Å². The molecule has 0 unspecified atom stereocenters. The van der Waals surface area contributed by atoms with Crippen LogP contribution in [-0.4, -0.2) is 12.0 Å². The van der Waals surface area contributed by atoms with E-state index in [9.17, 15) is 0 Å². The third-order valence-electron chi connectivity index (χ3n) is 3.50. The van der Waals surface area contributed by atoms with Crippen LogP contribution in [0, 0.1) is 0 Å². The maximum Gasteiger partial charge on any atom is 0.227 e. The van der Waals surface area contributed by atoms with Gasteiger partial charge in [0.25, 0.3) is 0 Å². The van der Waals surface area contributed by atoms with Crippen LogP contribution in [0.15, 0.2) is 46.9 Å². The second kappa shape index (κ2) is 5.00. The normalized spacial score (nSPS) is 11.2. The molecule has 0 radical (unpaired) electrons. The first-order valence-electron chi connectivity index (χ1n) is 6.86. The number of rotatable bonds is 3. The van der Waals surface area contributed by atoms with Crippen molar-refractivity contribution in [2.45, 2.75) is 19.8 Å². The smallest absolute Gasteiger partial charge is 0.227 e. The zero-order valence-electron chi connectivity index (χ0n) is 12.0. The van der Waals surface area contributed by atoms with Gasteiger partial charge in [0.1, 0.15) is 5.52 Å². The van der Waals surface area contributed by atoms with E-state index >= 15 is 0 Å². The van der Waals surface area contributed by atoms with Crippen LogP contribution in [0.5, 0.6) is 0 Å². The van der Waals surface area contributed by atoms with Gasteiger partial charge in [-0.1, -0.05) is 26.0 Å². The molecule has 102 valence electrons. The first-order valence-corrected chi connectivity index (χ1v) is 6.86. The fourth-order valence-corrected chi connectivity index (χ4v) is 2.21. The molecule has 3 heteroatoms. The summed E-state index contributed by atoms with van der Waals surface area (Å²) in [4.78, 5) is 4.54. The van der Waals surface area contributed by atoms with E-state index in [-0.39, 0.29) is 0 Å². The molecule has 0 aliphatic carbocycles. The van der Waals surface area contributed by atoms with E-state index in [4.69, 9.17) is 4.42 Å². The van der Waals surface area contributed by atoms with E-state index in [0.29, 0.717) is 11.8 Å². The molecule has 3 rings (SSSR count). The Kier molecular flexibility index (Phi) is 3.18. The van der Waals surface area contributed by atoms with Gasteiger partial charge in [0, 0.05) is 24.4 Å². The Morgan fingerprint density at radius 1 is 1.05 bits per heavy atom. The molecule has 0 amide bonds. The van der Waals surface area contributed by atoms with E-state index in [2.05, 4.69) is 48.4 Å². The SMILES string of the molecule is CNc1ccc2nc(-c3ccc(C(C)C)cc3)oc2c1. The van der Waals surface area contributed by atoms with E-state index in [1.807, 2.05) is 25.2 Å². The molecule has 0 bridgehead atoms. The summed E-state index contributed by atoms with van der Waals surface area (Å²) < 4.78 is 5.85. The molecule has 1 N–H and O–H groups in total. The molecule has 2 aromatic carbocycles. The first kappa shape index (κ1) is 12.7. The van der Waals surface area contributed by atoms with Gasteiger partial charge in [-0.15, -0.1) is 0 Å². The molecule has 0 aliphatic rings. The topological polar surface area (TPSA) is 38.1 Å². The van der Waals surface area contributed by atoms with Crippen molar-refractivity contribution in [3.05, 3.63) is 48.0 Å². The highest BCUT2D eigenvalue weighted by atomic mass is 16.3. The number of oxazole rings is 1. The Morgan fingerprint density at radius 3 is 2.45 bits per heavy atom. The molecule has 0 saturated heterocycles. The molecule has 1 aromatic heterocycles. The number of hydrogen-bond acceptors (Lipinski definition) is 3. The number of aromatic nitrogens is 1. The third kappa shape index (κ3) is 2.27. The highest BCUT2D eigenvalue weighted by Gasteiger charge is 2.09. The quantitative estimate of drug-likeness (QED) is 0.749. The molecular weight excluding hydrogens is 248 g/mol. The lowest BCUT2D eigenvalue weighted by atomic mass is 10.0. The second-order valence-corrected chi connectivity index (χ2v) is 5.23. The third-order valence-corrected chi connectivity index (χ3v) is 3.50. The zero-order chi connectivity index (χ0) is 14.1. The first-order chi connectivity index (χ1) is 9.67. The van der Waals surface area contributed by atoms with Gasteiger partial charge in [0.05, 0.1) is 0 Å². The summed E-state index contributed by atoms with van der Waals surface area (Å²) in [6, 6.07) is 14.3. The number of benzene rings is 2. The van der Waals surface area contributed by atoms with Crippen LogP contribution in [0.3, 0.4) is 0 Å². The van der Waals surface area contributed by atoms with Crippen molar-refractivity contribution in [3.63, 3.8) is 0 Å². The molecule has 0 saturated carbocycles. The summed E-state index contributed by atoms with van der Waals surface area (Å²) in [5, 5.41) is 3.10. The minimum atomic E-state index is 0.533. The minimum Gasteiger partial charge on any atom is -0.436 e. The van der Waals surface area contributed by atoms with Crippen molar-refractivity contribution >= 4 is 16.8 Å². The second-order valence-electron chi connectivity index (χ2n) is 5.23. The maximum absolute atomic E-state index is 5.85. The van der Waals surface area contributed by atoms with Crippen molar-refractivity contribution < 1.29 is 4.42 Å². The van der Waals surface area contributed by atoms with E-state index in [0.717, 1.165) is 22.4 Å². The predicted octanol–water partition coefficient (Wildman–Crippen LogP) is 4.66. The van der Waals surface area contributed by atoms with E-state index in [1.54, 1.807) is 0 Å². The van der Waals surface area contributed by atoms with Crippen molar-refractivity contribution in [2.75, 3.05) is 12.4 Å². The van der Waals surface area contributed by atoms with Crippen LogP contribution < -0.4 is 5.32 Å². The molecular formula is C17H18N2O. The van der Waals surface area contributed by atoms with Crippen LogP contribution in [-0.2, 0) is 0 Å². The van der Waals surface area contributed by atoms with Crippen molar-refractivity contribution in [1.29, 1.82) is 0 Å². The Labute approximate surface area is 118 Å². The lowest BCUT2D eigenvalue weighted by Crippen LogP contribution is -1.86. The monoisotopic (exact) mass is 266 g/mol.